The number of pyridine rings is 2. The van der Waals surface area contributed by atoms with Crippen LogP contribution in [-0.2, 0) is 51.5 Å². The van der Waals surface area contributed by atoms with E-state index in [0.717, 1.165) is 27.7 Å². The van der Waals surface area contributed by atoms with E-state index in [2.05, 4.69) is 0 Å². The Balaban J connectivity index is 0.000000199. The van der Waals surface area contributed by atoms with E-state index in [1.165, 1.54) is 12.1 Å². The number of benzene rings is 8. The van der Waals surface area contributed by atoms with Crippen LogP contribution in [0.3, 0.4) is 0 Å². The Labute approximate surface area is 489 Å². The normalized spacial score (nSPS) is 11.5. The lowest BCUT2D eigenvalue weighted by Gasteiger charge is -2.15. The molecule has 10 aromatic rings. The van der Waals surface area contributed by atoms with Gasteiger partial charge in [0.05, 0.1) is 43.8 Å². The first-order valence-electron chi connectivity index (χ1n) is 25.8. The molecule has 18 nitrogen and oxygen atoms in total. The molecular formula is C63H53F3N2O16PS+. The number of phenolic OH excluding ortho intramolecular Hbond substituents is 1. The van der Waals surface area contributed by atoms with Crippen molar-refractivity contribution in [2.24, 2.45) is 14.1 Å². The van der Waals surface area contributed by atoms with Crippen LogP contribution < -0.4 is 23.1 Å². The number of carbonyl (C=O) groups is 4. The van der Waals surface area contributed by atoms with E-state index in [1.54, 1.807) is 88.4 Å². The lowest BCUT2D eigenvalue weighted by molar-refractivity contribution is -0.617. The average molecular weight is 1210 g/mol. The largest absolute Gasteiger partial charge is 0.741 e. The molecule has 0 saturated carbocycles. The molecule has 0 aliphatic heterocycles. The third-order valence-corrected chi connectivity index (χ3v) is 14.4. The van der Waals surface area contributed by atoms with Crippen molar-refractivity contribution in [1.29, 1.82) is 0 Å². The number of phosphoric ester groups is 1. The van der Waals surface area contributed by atoms with E-state index < -0.39 is 47.3 Å². The van der Waals surface area contributed by atoms with E-state index >= 15 is 0 Å². The molecule has 0 radical (unpaired) electrons. The number of ether oxygens (including phenoxy) is 4. The number of nitrogens with zero attached hydrogens (tertiary/aromatic N) is 2. The summed E-state index contributed by atoms with van der Waals surface area (Å²) in [6.45, 7) is 7.35. The minimum Gasteiger partial charge on any atom is -0.741 e. The van der Waals surface area contributed by atoms with Crippen LogP contribution in [0, 0.1) is 27.7 Å². The van der Waals surface area contributed by atoms with E-state index in [-0.39, 0.29) is 30.3 Å². The number of phenols is 1. The molecule has 0 spiro atoms. The number of hydrogen-bond acceptors (Lipinski definition) is 14. The number of halogens is 3. The number of phosphoric acid groups is 1. The Hall–Kier alpha value is -9.57. The third kappa shape index (κ3) is 14.5. The lowest BCUT2D eigenvalue weighted by Crippen LogP contribution is -2.31. The Bertz CT molecular complexity index is 4420. The number of aryl methyl sites for hydroxylation is 6. The Morgan fingerprint density at radius 2 is 0.860 bits per heavy atom. The summed E-state index contributed by atoms with van der Waals surface area (Å²) in [5, 5.41) is 12.4. The monoisotopic (exact) mass is 1210 g/mol. The van der Waals surface area contributed by atoms with Crippen LogP contribution in [0.4, 0.5) is 13.2 Å². The lowest BCUT2D eigenvalue weighted by atomic mass is 10.0. The summed E-state index contributed by atoms with van der Waals surface area (Å²) >= 11 is 0. The highest BCUT2D eigenvalue weighted by Gasteiger charge is 2.37. The topological polar surface area (TPSA) is 257 Å². The summed E-state index contributed by atoms with van der Waals surface area (Å²) in [6.07, 6.45) is 0. The van der Waals surface area contributed by atoms with E-state index in [1.807, 2.05) is 120 Å². The minimum atomic E-state index is -6.09. The highest BCUT2D eigenvalue weighted by Crippen LogP contribution is 2.40. The first-order chi connectivity index (χ1) is 40.6. The highest BCUT2D eigenvalue weighted by molar-refractivity contribution is 7.86. The van der Waals surface area contributed by atoms with Gasteiger partial charge < -0.3 is 33.1 Å². The van der Waals surface area contributed by atoms with Gasteiger partial charge in [-0.2, -0.15) is 22.3 Å². The number of esters is 4. The number of hydrogen-bond donors (Lipinski definition) is 3. The maximum atomic E-state index is 13.8. The SMILES string of the molecule is Cc1cc(C(=O)OCc2ccccc2)cc(C)c1OC(=O)c1c2ccccc2[n+](C)c2ccc(O)cc12.Cc1cc(C(=O)OCc2ccccc2)cc(C)c1OC(=O)c1c2ccccc2[n+](C)c2ccc(OP(=O)(O)O)cc12.O=S(=O)([O-])C(F)(F)F. The first kappa shape index (κ1) is 62.5. The van der Waals surface area contributed by atoms with Crippen molar-refractivity contribution in [2.75, 3.05) is 0 Å². The maximum absolute atomic E-state index is 13.8. The predicted octanol–water partition coefficient (Wildman–Crippen LogP) is 11.2. The van der Waals surface area contributed by atoms with Gasteiger partial charge in [-0.15, -0.1) is 0 Å². The number of aromatic hydroxyl groups is 1. The summed E-state index contributed by atoms with van der Waals surface area (Å²) in [7, 11) is -7.18. The fourth-order valence-electron chi connectivity index (χ4n) is 9.52. The van der Waals surface area contributed by atoms with Crippen molar-refractivity contribution in [3.05, 3.63) is 225 Å². The van der Waals surface area contributed by atoms with Gasteiger partial charge in [-0.1, -0.05) is 84.9 Å². The van der Waals surface area contributed by atoms with Crippen LogP contribution in [0.25, 0.3) is 43.6 Å². The fourth-order valence-corrected chi connectivity index (χ4v) is 9.91. The number of aromatic nitrogens is 2. The zero-order chi connectivity index (χ0) is 62.4. The standard InChI is InChI=1S/C31H26NO8P.C31H25NO5.CHF3O3S/c1-19-15-22(30(33)38-18-21-9-5-4-6-10-21)16-20(2)29(19)39-31(34)28-24-11-7-8-12-26(24)32(3)27-14-13-23(17-25(27)28)40-41(35,36)37;1-19-15-22(30(34)36-18-21-9-5-4-6-10-21)16-20(2)29(19)37-31(35)28-24-11-7-8-12-26(24)32(3)27-14-13-23(33)17-25(27)28;2-1(3,4)8(5,6)7/h4-17H,18H2,1-3H3,(H-,35,36,37);4-17H,18H2,1-3H3;(H,5,6,7)/p+1. The quantitative estimate of drug-likeness (QED) is 0.0195. The van der Waals surface area contributed by atoms with Crippen LogP contribution in [-0.4, -0.2) is 57.2 Å². The highest BCUT2D eigenvalue weighted by atomic mass is 32.2. The number of para-hydroxylation sites is 2. The predicted molar refractivity (Wildman–Crippen MR) is 308 cm³/mol. The Kier molecular flexibility index (Phi) is 18.7. The first-order valence-corrected chi connectivity index (χ1v) is 28.8. The molecule has 0 saturated heterocycles. The Morgan fingerprint density at radius 3 is 1.24 bits per heavy atom. The number of rotatable bonds is 12. The van der Waals surface area contributed by atoms with Crippen molar-refractivity contribution in [1.82, 2.24) is 0 Å². The summed E-state index contributed by atoms with van der Waals surface area (Å²) in [5.74, 6) is -1.52. The van der Waals surface area contributed by atoms with Gasteiger partial charge in [-0.05, 0) is 122 Å². The average Bonchev–Trinajstić information content (AvgIpc) is 1.55. The summed E-state index contributed by atoms with van der Waals surface area (Å²) in [5.41, 5.74) is 2.82. The van der Waals surface area contributed by atoms with Crippen molar-refractivity contribution in [3.63, 3.8) is 0 Å². The molecule has 0 fully saturated rings. The molecule has 0 aliphatic carbocycles. The van der Waals surface area contributed by atoms with Crippen LogP contribution in [0.1, 0.15) is 74.8 Å². The van der Waals surface area contributed by atoms with Gasteiger partial charge in [0.15, 0.2) is 10.1 Å². The van der Waals surface area contributed by atoms with Crippen molar-refractivity contribution >= 4 is 85.4 Å². The second-order valence-electron chi connectivity index (χ2n) is 19.5. The minimum absolute atomic E-state index is 0.0579. The molecule has 2 aromatic heterocycles. The number of carbonyl (C=O) groups excluding carboxylic acids is 4. The zero-order valence-corrected chi connectivity index (χ0v) is 48.3. The summed E-state index contributed by atoms with van der Waals surface area (Å²) in [4.78, 5) is 71.5. The summed E-state index contributed by atoms with van der Waals surface area (Å²) < 4.78 is 102. The molecule has 0 bridgehead atoms. The van der Waals surface area contributed by atoms with E-state index in [4.69, 9.17) is 36.4 Å². The molecule has 2 heterocycles. The number of fused-ring (bicyclic) bond motifs is 4. The second-order valence-corrected chi connectivity index (χ2v) is 22.1. The van der Waals surface area contributed by atoms with Gasteiger partial charge in [-0.3, -0.25) is 9.79 Å². The molecule has 8 aromatic carbocycles. The van der Waals surface area contributed by atoms with Crippen molar-refractivity contribution in [2.45, 2.75) is 46.4 Å². The third-order valence-electron chi connectivity index (χ3n) is 13.4. The van der Waals surface area contributed by atoms with Crippen LogP contribution in [0.2, 0.25) is 0 Å². The smallest absolute Gasteiger partial charge is 0.524 e. The maximum Gasteiger partial charge on any atom is 0.524 e. The van der Waals surface area contributed by atoms with Gasteiger partial charge in [0.1, 0.15) is 50.3 Å². The van der Waals surface area contributed by atoms with E-state index in [9.17, 15) is 51.8 Å². The fraction of sp³-hybridized carbons (Fsp3) is 0.143. The molecule has 0 atom stereocenters. The van der Waals surface area contributed by atoms with Gasteiger partial charge in [0.25, 0.3) is 0 Å². The van der Waals surface area contributed by atoms with Gasteiger partial charge in [0, 0.05) is 24.3 Å². The van der Waals surface area contributed by atoms with Gasteiger partial charge in [-0.25, -0.2) is 32.2 Å². The molecule has 3 N–H and O–H groups in total. The van der Waals surface area contributed by atoms with Crippen molar-refractivity contribution in [3.8, 4) is 23.0 Å². The summed E-state index contributed by atoms with van der Waals surface area (Å²) in [6, 6.07) is 49.6. The van der Waals surface area contributed by atoms with E-state index in [0.29, 0.717) is 77.5 Å². The van der Waals surface area contributed by atoms with Crippen LogP contribution >= 0.6 is 7.82 Å². The molecule has 10 rings (SSSR count). The molecule has 0 unspecified atom stereocenters. The Morgan fingerprint density at radius 1 is 0.512 bits per heavy atom. The molecule has 23 heteroatoms. The molecule has 0 aliphatic rings. The number of alkyl halides is 3. The molecular weight excluding hydrogens is 1160 g/mol. The molecule has 0 amide bonds. The van der Waals surface area contributed by atoms with Crippen molar-refractivity contribution < 1.29 is 97.4 Å². The molecule has 86 heavy (non-hydrogen) atoms. The molecule has 442 valence electrons. The van der Waals surface area contributed by atoms with Gasteiger partial charge >= 0.3 is 37.2 Å². The van der Waals surface area contributed by atoms with Crippen LogP contribution in [0.5, 0.6) is 23.0 Å². The van der Waals surface area contributed by atoms with Gasteiger partial charge in [0.2, 0.25) is 22.1 Å². The zero-order valence-electron chi connectivity index (χ0n) is 46.6. The second kappa shape index (κ2) is 25.7. The van der Waals surface area contributed by atoms with Crippen LogP contribution in [0.15, 0.2) is 170 Å².